The van der Waals surface area contributed by atoms with Gasteiger partial charge in [-0.1, -0.05) is 135 Å². The van der Waals surface area contributed by atoms with Gasteiger partial charge in [0.2, 0.25) is 0 Å². The number of hydrogen-bond donors (Lipinski definition) is 0. The van der Waals surface area contributed by atoms with E-state index in [-0.39, 0.29) is 24.8 Å². The smallest absolute Gasteiger partial charge is 0.305 e. The summed E-state index contributed by atoms with van der Waals surface area (Å²) in [4.78, 5) is 15.1. The van der Waals surface area contributed by atoms with E-state index in [1.165, 1.54) is 148 Å². The standard InChI is InChI=1S/C60H105NO6/c1-6-7-8-9-10-11-12-13-14-15-16-17-18-19-20-26-41-64-49-54(48-61-39-24-21-25-40-61)66-45-43-63-44-46-67-58(62)30-27-42-65-53-35-37-60(5)52(47-53)31-33-55-56-34-32-51(29-23-22-28-50(2)3)59(56,4)38-36-57(55)60/h10-11,13-14,31,50-51,53-57H,6-9,12,15-30,32-49H2,1-5H3/t51-,53-,54?,55?,56?,57?,59+,60-/m0/s1. The second-order valence-corrected chi connectivity index (χ2v) is 22.9. The molecule has 0 aromatic heterocycles. The topological polar surface area (TPSA) is 66.5 Å². The van der Waals surface area contributed by atoms with E-state index >= 15 is 0 Å². The van der Waals surface area contributed by atoms with Gasteiger partial charge in [0, 0.05) is 26.2 Å². The molecular weight excluding hydrogens is 831 g/mol. The zero-order valence-electron chi connectivity index (χ0n) is 44.4. The summed E-state index contributed by atoms with van der Waals surface area (Å²) in [5.74, 6) is 4.27. The lowest BCUT2D eigenvalue weighted by Gasteiger charge is -2.58. The minimum atomic E-state index is -0.159. The summed E-state index contributed by atoms with van der Waals surface area (Å²) in [7, 11) is 0. The van der Waals surface area contributed by atoms with E-state index in [2.05, 4.69) is 69.9 Å². The number of allylic oxidation sites excluding steroid dienone is 5. The van der Waals surface area contributed by atoms with Crippen LogP contribution in [0.1, 0.15) is 221 Å². The zero-order chi connectivity index (χ0) is 47.4. The monoisotopic (exact) mass is 936 g/mol. The third-order valence-electron chi connectivity index (χ3n) is 17.5. The molecule has 8 atom stereocenters. The van der Waals surface area contributed by atoms with Crippen LogP contribution in [-0.4, -0.2) is 89.0 Å². The van der Waals surface area contributed by atoms with E-state index in [1.54, 1.807) is 5.57 Å². The molecule has 5 rings (SSSR count). The Morgan fingerprint density at radius 3 is 2.30 bits per heavy atom. The van der Waals surface area contributed by atoms with Crippen molar-refractivity contribution in [2.24, 2.45) is 40.4 Å². The Hall–Kier alpha value is -1.51. The van der Waals surface area contributed by atoms with Gasteiger partial charge < -0.3 is 28.6 Å². The molecular formula is C60H105NO6. The molecule has 4 unspecified atom stereocenters. The molecule has 1 saturated heterocycles. The first kappa shape index (κ1) is 56.4. The minimum absolute atomic E-state index is 0.0545. The van der Waals surface area contributed by atoms with Crippen molar-refractivity contribution in [1.29, 1.82) is 0 Å². The number of carbonyl (C=O) groups is 1. The van der Waals surface area contributed by atoms with E-state index in [9.17, 15) is 4.79 Å². The Kier molecular flexibility index (Phi) is 27.3. The molecule has 0 N–H and O–H groups in total. The van der Waals surface area contributed by atoms with E-state index < -0.39 is 0 Å². The van der Waals surface area contributed by atoms with Crippen molar-refractivity contribution in [1.82, 2.24) is 4.90 Å². The van der Waals surface area contributed by atoms with E-state index in [1.807, 2.05) is 0 Å². The van der Waals surface area contributed by atoms with Crippen LogP contribution >= 0.6 is 0 Å². The molecule has 0 aromatic carbocycles. The Bertz CT molecular complexity index is 1400. The Balaban J connectivity index is 0.858. The van der Waals surface area contributed by atoms with Crippen molar-refractivity contribution >= 4 is 5.97 Å². The van der Waals surface area contributed by atoms with Crippen LogP contribution < -0.4 is 0 Å². The zero-order valence-corrected chi connectivity index (χ0v) is 44.4. The van der Waals surface area contributed by atoms with Crippen LogP contribution in [0.15, 0.2) is 36.0 Å². The number of rotatable bonds is 36. The molecule has 7 nitrogen and oxygen atoms in total. The highest BCUT2D eigenvalue weighted by Crippen LogP contribution is 2.67. The van der Waals surface area contributed by atoms with Gasteiger partial charge in [0.1, 0.15) is 6.61 Å². The molecule has 67 heavy (non-hydrogen) atoms. The molecule has 0 bridgehead atoms. The van der Waals surface area contributed by atoms with Crippen LogP contribution in [0.4, 0.5) is 0 Å². The van der Waals surface area contributed by atoms with Gasteiger partial charge in [-0.15, -0.1) is 0 Å². The van der Waals surface area contributed by atoms with Crippen LogP contribution in [0.3, 0.4) is 0 Å². The van der Waals surface area contributed by atoms with E-state index in [0.29, 0.717) is 56.7 Å². The van der Waals surface area contributed by atoms with Crippen LogP contribution in [0.5, 0.6) is 0 Å². The maximum atomic E-state index is 12.5. The van der Waals surface area contributed by atoms with Crippen molar-refractivity contribution in [3.8, 4) is 0 Å². The second kappa shape index (κ2) is 32.5. The molecule has 1 heterocycles. The first-order valence-corrected chi connectivity index (χ1v) is 29.0. The summed E-state index contributed by atoms with van der Waals surface area (Å²) in [6.07, 6.45) is 48.7. The number of piperidine rings is 1. The first-order chi connectivity index (χ1) is 32.7. The third kappa shape index (κ3) is 19.9. The van der Waals surface area contributed by atoms with Crippen molar-refractivity contribution < 1.29 is 28.5 Å². The van der Waals surface area contributed by atoms with Gasteiger partial charge in [0.15, 0.2) is 0 Å². The third-order valence-corrected chi connectivity index (χ3v) is 17.5. The lowest BCUT2D eigenvalue weighted by Crippen LogP contribution is -2.50. The van der Waals surface area contributed by atoms with Crippen LogP contribution in [0.25, 0.3) is 0 Å². The molecule has 3 saturated carbocycles. The largest absolute Gasteiger partial charge is 0.463 e. The number of likely N-dealkylation sites (tertiary alicyclic amines) is 1. The number of ether oxygens (including phenoxy) is 5. The first-order valence-electron chi connectivity index (χ1n) is 29.0. The molecule has 0 radical (unpaired) electrons. The van der Waals surface area contributed by atoms with Crippen molar-refractivity contribution in [2.45, 2.75) is 233 Å². The normalized spacial score (nSPS) is 28.2. The average molecular weight is 937 g/mol. The van der Waals surface area contributed by atoms with Crippen molar-refractivity contribution in [3.05, 3.63) is 36.0 Å². The summed E-state index contributed by atoms with van der Waals surface area (Å²) in [6.45, 7) is 19.3. The molecule has 386 valence electrons. The fraction of sp³-hybridized carbons (Fsp3) is 0.883. The maximum Gasteiger partial charge on any atom is 0.305 e. The highest BCUT2D eigenvalue weighted by molar-refractivity contribution is 5.69. The summed E-state index contributed by atoms with van der Waals surface area (Å²) >= 11 is 0. The van der Waals surface area contributed by atoms with E-state index in [0.717, 1.165) is 81.5 Å². The number of nitrogens with zero attached hydrogens (tertiary/aromatic N) is 1. The number of unbranched alkanes of at least 4 members (excludes halogenated alkanes) is 10. The summed E-state index contributed by atoms with van der Waals surface area (Å²) in [5.41, 5.74) is 2.60. The second-order valence-electron chi connectivity index (χ2n) is 22.9. The van der Waals surface area contributed by atoms with Gasteiger partial charge >= 0.3 is 5.97 Å². The maximum absolute atomic E-state index is 12.5. The van der Waals surface area contributed by atoms with Gasteiger partial charge in [0.25, 0.3) is 0 Å². The van der Waals surface area contributed by atoms with Gasteiger partial charge in [-0.05, 0) is 169 Å². The number of fused-ring (bicyclic) bond motifs is 5. The van der Waals surface area contributed by atoms with Gasteiger partial charge in [-0.25, -0.2) is 0 Å². The molecule has 0 aromatic rings. The molecule has 1 aliphatic heterocycles. The summed E-state index contributed by atoms with van der Waals surface area (Å²) in [5, 5.41) is 0. The SMILES string of the molecule is CCCCCC=CCC=CCCCCCCCCOCC(CN1CCCCC1)OCCOCCOC(=O)CCCO[C@H]1CC[C@@]2(C)C(=CCC3C2CC[C@@]2(C)C3CC[C@@H]2CCCCC(C)C)C1. The molecule has 0 amide bonds. The van der Waals surface area contributed by atoms with Crippen LogP contribution in [-0.2, 0) is 28.5 Å². The lowest BCUT2D eigenvalue weighted by atomic mass is 9.47. The van der Waals surface area contributed by atoms with Crippen LogP contribution in [0, 0.1) is 40.4 Å². The highest BCUT2D eigenvalue weighted by atomic mass is 16.6. The predicted octanol–water partition coefficient (Wildman–Crippen LogP) is 15.2. The number of esters is 1. The Labute approximate surface area is 413 Å². The fourth-order valence-electron chi connectivity index (χ4n) is 13.4. The number of hydrogen-bond acceptors (Lipinski definition) is 7. The predicted molar refractivity (Wildman–Crippen MR) is 279 cm³/mol. The van der Waals surface area contributed by atoms with Gasteiger partial charge in [0.05, 0.1) is 38.6 Å². The lowest BCUT2D eigenvalue weighted by molar-refractivity contribution is -0.146. The Morgan fingerprint density at radius 2 is 1.51 bits per heavy atom. The minimum Gasteiger partial charge on any atom is -0.463 e. The molecule has 5 aliphatic rings. The quantitative estimate of drug-likeness (QED) is 0.0352. The summed E-state index contributed by atoms with van der Waals surface area (Å²) in [6, 6.07) is 0. The molecule has 4 aliphatic carbocycles. The highest BCUT2D eigenvalue weighted by Gasteiger charge is 2.58. The molecule has 4 fully saturated rings. The van der Waals surface area contributed by atoms with Crippen LogP contribution in [0.2, 0.25) is 0 Å². The van der Waals surface area contributed by atoms with Gasteiger partial charge in [-0.2, -0.15) is 0 Å². The Morgan fingerprint density at radius 1 is 0.746 bits per heavy atom. The average Bonchev–Trinajstić information content (AvgIpc) is 3.67. The summed E-state index contributed by atoms with van der Waals surface area (Å²) < 4.78 is 30.2. The molecule has 0 spiro atoms. The van der Waals surface area contributed by atoms with Crippen molar-refractivity contribution in [2.75, 3.05) is 65.9 Å². The van der Waals surface area contributed by atoms with Gasteiger partial charge in [-0.3, -0.25) is 4.79 Å². The fourth-order valence-corrected chi connectivity index (χ4v) is 13.4. The molecule has 7 heteroatoms. The van der Waals surface area contributed by atoms with Crippen molar-refractivity contribution in [3.63, 3.8) is 0 Å². The van der Waals surface area contributed by atoms with E-state index in [4.69, 9.17) is 23.7 Å². The number of carbonyl (C=O) groups excluding carboxylic acids is 1.